The van der Waals surface area contributed by atoms with Crippen molar-refractivity contribution in [2.24, 2.45) is 0 Å². The quantitative estimate of drug-likeness (QED) is 0.517. The van der Waals surface area contributed by atoms with E-state index in [-0.39, 0.29) is 30.2 Å². The number of nitrogens with one attached hydrogen (secondary N) is 2. The molecule has 32 heavy (non-hydrogen) atoms. The average Bonchev–Trinajstić information content (AvgIpc) is 3.41. The zero-order valence-electron chi connectivity index (χ0n) is 17.3. The Labute approximate surface area is 188 Å². The number of para-hydroxylation sites is 2. The number of imidazole rings is 1. The fraction of sp³-hybridized carbons (Fsp3) is 0.318. The van der Waals surface area contributed by atoms with Gasteiger partial charge in [0.05, 0.1) is 11.0 Å². The number of urea groups is 1. The lowest BCUT2D eigenvalue weighted by molar-refractivity contribution is -0.121. The van der Waals surface area contributed by atoms with Gasteiger partial charge in [-0.25, -0.2) is 9.78 Å². The van der Waals surface area contributed by atoms with Crippen molar-refractivity contribution < 1.29 is 18.4 Å². The number of benzene rings is 2. The van der Waals surface area contributed by atoms with Crippen LogP contribution in [0.3, 0.4) is 0 Å². The molecule has 0 saturated carbocycles. The van der Waals surface area contributed by atoms with E-state index < -0.39 is 5.76 Å². The minimum Gasteiger partial charge on any atom is -0.350 e. The molecule has 0 spiro atoms. The van der Waals surface area contributed by atoms with Crippen LogP contribution in [0.15, 0.2) is 53.7 Å². The van der Waals surface area contributed by atoms with Crippen LogP contribution in [0.25, 0.3) is 11.0 Å². The van der Waals surface area contributed by atoms with Crippen molar-refractivity contribution >= 4 is 40.4 Å². The van der Waals surface area contributed by atoms with Gasteiger partial charge in [-0.2, -0.15) is 8.78 Å². The first-order valence-electron chi connectivity index (χ1n) is 10.3. The summed E-state index contributed by atoms with van der Waals surface area (Å²) in [6.07, 6.45) is 2.03. The Kier molecular flexibility index (Phi) is 6.89. The van der Waals surface area contributed by atoms with E-state index in [1.54, 1.807) is 41.3 Å². The van der Waals surface area contributed by atoms with Gasteiger partial charge >= 0.3 is 6.03 Å². The SMILES string of the molecule is O=C(Cn1c(SC(F)F)nc2ccccc21)NCc1cccc(NC(=O)N2CCCC2)c1. The van der Waals surface area contributed by atoms with Crippen molar-refractivity contribution in [3.63, 3.8) is 0 Å². The summed E-state index contributed by atoms with van der Waals surface area (Å²) in [6, 6.07) is 14.1. The number of carbonyl (C=O) groups excluding carboxylic acids is 2. The van der Waals surface area contributed by atoms with Gasteiger partial charge in [-0.3, -0.25) is 4.79 Å². The molecule has 2 aromatic carbocycles. The summed E-state index contributed by atoms with van der Waals surface area (Å²) >= 11 is 0.320. The summed E-state index contributed by atoms with van der Waals surface area (Å²) in [5.74, 6) is -2.96. The summed E-state index contributed by atoms with van der Waals surface area (Å²) in [4.78, 5) is 30.8. The minimum absolute atomic E-state index is 0.1000. The third-order valence-corrected chi connectivity index (χ3v) is 5.88. The molecule has 7 nitrogen and oxygen atoms in total. The van der Waals surface area contributed by atoms with Gasteiger partial charge in [-0.1, -0.05) is 24.3 Å². The fourth-order valence-corrected chi connectivity index (χ4v) is 4.26. The Morgan fingerprint density at radius 2 is 1.88 bits per heavy atom. The van der Waals surface area contributed by atoms with Gasteiger partial charge in [0.1, 0.15) is 6.54 Å². The number of amides is 3. The first kappa shape index (κ1) is 22.1. The number of nitrogens with zero attached hydrogens (tertiary/aromatic N) is 3. The van der Waals surface area contributed by atoms with Crippen LogP contribution in [0.2, 0.25) is 0 Å². The molecule has 2 N–H and O–H groups in total. The maximum Gasteiger partial charge on any atom is 0.321 e. The molecule has 4 rings (SSSR count). The van der Waals surface area contributed by atoms with Gasteiger partial charge in [0.25, 0.3) is 5.76 Å². The summed E-state index contributed by atoms with van der Waals surface area (Å²) in [7, 11) is 0. The van der Waals surface area contributed by atoms with Gasteiger partial charge < -0.3 is 20.1 Å². The number of alkyl halides is 2. The number of aromatic nitrogens is 2. The fourth-order valence-electron chi connectivity index (χ4n) is 3.66. The van der Waals surface area contributed by atoms with Gasteiger partial charge in [0.15, 0.2) is 5.16 Å². The zero-order valence-corrected chi connectivity index (χ0v) is 18.1. The van der Waals surface area contributed by atoms with Crippen molar-refractivity contribution in [2.75, 3.05) is 18.4 Å². The van der Waals surface area contributed by atoms with Crippen LogP contribution in [-0.4, -0.2) is 45.2 Å². The van der Waals surface area contributed by atoms with Crippen LogP contribution in [-0.2, 0) is 17.9 Å². The lowest BCUT2D eigenvalue weighted by Gasteiger charge is -2.16. The summed E-state index contributed by atoms with van der Waals surface area (Å²) in [6.45, 7) is 1.64. The second-order valence-electron chi connectivity index (χ2n) is 7.45. The van der Waals surface area contributed by atoms with E-state index >= 15 is 0 Å². The average molecular weight is 460 g/mol. The highest BCUT2D eigenvalue weighted by Crippen LogP contribution is 2.28. The van der Waals surface area contributed by atoms with Crippen molar-refractivity contribution in [1.82, 2.24) is 19.8 Å². The normalized spacial score (nSPS) is 13.7. The number of thioether (sulfide) groups is 1. The Morgan fingerprint density at radius 3 is 2.66 bits per heavy atom. The van der Waals surface area contributed by atoms with Crippen molar-refractivity contribution in [2.45, 2.75) is 36.8 Å². The molecule has 1 fully saturated rings. The predicted octanol–water partition coefficient (Wildman–Crippen LogP) is 4.30. The number of rotatable bonds is 7. The number of anilines is 1. The van der Waals surface area contributed by atoms with Crippen LogP contribution < -0.4 is 10.6 Å². The van der Waals surface area contributed by atoms with Crippen LogP contribution in [0.1, 0.15) is 18.4 Å². The van der Waals surface area contributed by atoms with Crippen LogP contribution >= 0.6 is 11.8 Å². The molecule has 0 atom stereocenters. The largest absolute Gasteiger partial charge is 0.350 e. The molecule has 10 heteroatoms. The summed E-state index contributed by atoms with van der Waals surface area (Å²) in [5.41, 5.74) is 2.66. The maximum atomic E-state index is 12.9. The van der Waals surface area contributed by atoms with E-state index in [1.807, 2.05) is 12.1 Å². The standard InChI is InChI=1S/C22H23F2N5O2S/c23-20(24)32-22-27-17-8-1-2-9-18(17)29(22)14-19(30)25-13-15-6-5-7-16(12-15)26-21(31)28-10-3-4-11-28/h1-2,5-9,12,20H,3-4,10-11,13-14H2,(H,25,30)(H,26,31). The second-order valence-corrected chi connectivity index (χ2v) is 8.41. The van der Waals surface area contributed by atoms with Gasteiger partial charge in [-0.05, 0) is 54.4 Å². The van der Waals surface area contributed by atoms with Crippen molar-refractivity contribution in [3.05, 3.63) is 54.1 Å². The Bertz CT molecular complexity index is 1110. The lowest BCUT2D eigenvalue weighted by atomic mass is 10.2. The highest BCUT2D eigenvalue weighted by atomic mass is 32.2. The Hall–Kier alpha value is -3.14. The molecule has 1 saturated heterocycles. The maximum absolute atomic E-state index is 12.9. The third-order valence-electron chi connectivity index (χ3n) is 5.18. The number of halogens is 2. The van der Waals surface area contributed by atoms with Gasteiger partial charge in [-0.15, -0.1) is 0 Å². The van der Waals surface area contributed by atoms with Crippen LogP contribution in [0.5, 0.6) is 0 Å². The minimum atomic E-state index is -2.63. The number of hydrogen-bond acceptors (Lipinski definition) is 4. The molecule has 0 unspecified atom stereocenters. The Balaban J connectivity index is 1.39. The topological polar surface area (TPSA) is 79.3 Å². The first-order chi connectivity index (χ1) is 15.5. The van der Waals surface area contributed by atoms with E-state index in [2.05, 4.69) is 15.6 Å². The Morgan fingerprint density at radius 1 is 1.09 bits per heavy atom. The smallest absolute Gasteiger partial charge is 0.321 e. The molecule has 0 aliphatic carbocycles. The van der Waals surface area contributed by atoms with E-state index in [1.165, 1.54) is 4.57 Å². The monoisotopic (exact) mass is 459 g/mol. The molecule has 168 valence electrons. The highest BCUT2D eigenvalue weighted by molar-refractivity contribution is 7.99. The van der Waals surface area contributed by atoms with E-state index in [0.29, 0.717) is 28.5 Å². The molecule has 3 amide bonds. The second kappa shape index (κ2) is 9.99. The van der Waals surface area contributed by atoms with E-state index in [9.17, 15) is 18.4 Å². The van der Waals surface area contributed by atoms with Gasteiger partial charge in [0, 0.05) is 25.3 Å². The molecule has 0 radical (unpaired) electrons. The highest BCUT2D eigenvalue weighted by Gasteiger charge is 2.19. The first-order valence-corrected chi connectivity index (χ1v) is 11.2. The van der Waals surface area contributed by atoms with E-state index in [4.69, 9.17) is 0 Å². The van der Waals surface area contributed by atoms with Crippen molar-refractivity contribution in [1.29, 1.82) is 0 Å². The number of hydrogen-bond donors (Lipinski definition) is 2. The lowest BCUT2D eigenvalue weighted by Crippen LogP contribution is -2.32. The number of carbonyl (C=O) groups is 2. The number of likely N-dealkylation sites (tertiary alicyclic amines) is 1. The molecular formula is C22H23F2N5O2S. The molecule has 1 aliphatic heterocycles. The predicted molar refractivity (Wildman–Crippen MR) is 120 cm³/mol. The van der Waals surface area contributed by atoms with Crippen LogP contribution in [0, 0.1) is 0 Å². The molecule has 1 aromatic heterocycles. The molecule has 0 bridgehead atoms. The van der Waals surface area contributed by atoms with Crippen molar-refractivity contribution in [3.8, 4) is 0 Å². The molecule has 2 heterocycles. The summed E-state index contributed by atoms with van der Waals surface area (Å²) in [5, 5.41) is 5.79. The molecule has 1 aliphatic rings. The summed E-state index contributed by atoms with van der Waals surface area (Å²) < 4.78 is 27.4. The molecule has 3 aromatic rings. The van der Waals surface area contributed by atoms with Crippen LogP contribution in [0.4, 0.5) is 19.3 Å². The molecular weight excluding hydrogens is 436 g/mol. The zero-order chi connectivity index (χ0) is 22.5. The third kappa shape index (κ3) is 5.37. The van der Waals surface area contributed by atoms with E-state index in [0.717, 1.165) is 31.5 Å². The van der Waals surface area contributed by atoms with Gasteiger partial charge in [0.2, 0.25) is 5.91 Å². The number of fused-ring (bicyclic) bond motifs is 1.